The maximum Gasteiger partial charge on any atom is 0.257 e. The van der Waals surface area contributed by atoms with Crippen molar-refractivity contribution in [3.8, 4) is 0 Å². The number of methoxy groups -OCH3 is 1. The number of nitrogens with two attached hydrogens (primary N) is 1. The summed E-state index contributed by atoms with van der Waals surface area (Å²) in [5, 5.41) is 2.92. The minimum Gasteiger partial charge on any atom is -0.398 e. The Balaban J connectivity index is 2.19. The number of hydrogen-bond acceptors (Lipinski definition) is 3. The fraction of sp³-hybridized carbons (Fsp3) is 0.235. The number of para-hydroxylation sites is 1. The second-order valence-corrected chi connectivity index (χ2v) is 4.94. The number of aryl methyl sites for hydroxylation is 1. The van der Waals surface area contributed by atoms with Gasteiger partial charge in [-0.05, 0) is 42.7 Å². The van der Waals surface area contributed by atoms with Crippen LogP contribution < -0.4 is 11.1 Å². The summed E-state index contributed by atoms with van der Waals surface area (Å²) >= 11 is 0. The molecule has 0 aromatic heterocycles. The van der Waals surface area contributed by atoms with Gasteiger partial charge in [0.25, 0.3) is 5.91 Å². The van der Waals surface area contributed by atoms with Crippen LogP contribution in [-0.4, -0.2) is 19.6 Å². The number of benzene rings is 2. The summed E-state index contributed by atoms with van der Waals surface area (Å²) < 4.78 is 5.09. The van der Waals surface area contributed by atoms with Gasteiger partial charge in [0.05, 0.1) is 12.2 Å². The lowest BCUT2D eigenvalue weighted by molar-refractivity contribution is 0.102. The molecule has 0 spiro atoms. The fourth-order valence-corrected chi connectivity index (χ4v) is 2.15. The Hall–Kier alpha value is -2.33. The van der Waals surface area contributed by atoms with Gasteiger partial charge in [-0.3, -0.25) is 4.79 Å². The van der Waals surface area contributed by atoms with Gasteiger partial charge in [-0.1, -0.05) is 24.3 Å². The summed E-state index contributed by atoms with van der Waals surface area (Å²) in [4.78, 5) is 12.3. The molecular formula is C17H20N2O2. The Kier molecular flexibility index (Phi) is 4.95. The smallest absolute Gasteiger partial charge is 0.257 e. The van der Waals surface area contributed by atoms with E-state index >= 15 is 0 Å². The molecule has 0 bridgehead atoms. The first-order chi connectivity index (χ1) is 10.1. The summed E-state index contributed by atoms with van der Waals surface area (Å²) in [5.74, 6) is -0.197. The van der Waals surface area contributed by atoms with E-state index in [0.29, 0.717) is 17.9 Å². The van der Waals surface area contributed by atoms with Gasteiger partial charge in [0.1, 0.15) is 0 Å². The van der Waals surface area contributed by atoms with Crippen LogP contribution in [0.3, 0.4) is 0 Å². The first-order valence-corrected chi connectivity index (χ1v) is 6.86. The van der Waals surface area contributed by atoms with Crippen molar-refractivity contribution in [2.45, 2.75) is 13.3 Å². The van der Waals surface area contributed by atoms with Gasteiger partial charge in [0.2, 0.25) is 0 Å². The van der Waals surface area contributed by atoms with Gasteiger partial charge in [-0.2, -0.15) is 0 Å². The van der Waals surface area contributed by atoms with E-state index < -0.39 is 0 Å². The minimum absolute atomic E-state index is 0.197. The number of rotatable bonds is 5. The van der Waals surface area contributed by atoms with Crippen LogP contribution in [0.15, 0.2) is 42.5 Å². The van der Waals surface area contributed by atoms with E-state index in [1.54, 1.807) is 19.2 Å². The van der Waals surface area contributed by atoms with Gasteiger partial charge in [-0.25, -0.2) is 0 Å². The molecule has 0 aliphatic rings. The third-order valence-electron chi connectivity index (χ3n) is 3.29. The summed E-state index contributed by atoms with van der Waals surface area (Å²) in [7, 11) is 1.66. The maximum atomic E-state index is 12.3. The molecule has 3 N–H and O–H groups in total. The first-order valence-electron chi connectivity index (χ1n) is 6.86. The molecule has 1 amide bonds. The van der Waals surface area contributed by atoms with Crippen LogP contribution in [-0.2, 0) is 11.2 Å². The van der Waals surface area contributed by atoms with Crippen molar-refractivity contribution in [2.24, 2.45) is 0 Å². The number of nitrogens with one attached hydrogen (secondary N) is 1. The molecule has 0 saturated heterocycles. The van der Waals surface area contributed by atoms with E-state index in [0.717, 1.165) is 23.2 Å². The summed E-state index contributed by atoms with van der Waals surface area (Å²) in [6, 6.07) is 13.1. The lowest BCUT2D eigenvalue weighted by Crippen LogP contribution is -2.15. The molecule has 110 valence electrons. The largest absolute Gasteiger partial charge is 0.398 e. The van der Waals surface area contributed by atoms with E-state index in [1.165, 1.54) is 0 Å². The van der Waals surface area contributed by atoms with Crippen LogP contribution in [0.1, 0.15) is 21.5 Å². The molecule has 0 saturated carbocycles. The number of amides is 1. The zero-order valence-corrected chi connectivity index (χ0v) is 12.3. The molecule has 0 aliphatic heterocycles. The zero-order valence-electron chi connectivity index (χ0n) is 12.3. The Bertz CT molecular complexity index is 638. The summed E-state index contributed by atoms with van der Waals surface area (Å²) in [6.45, 7) is 2.55. The van der Waals surface area contributed by atoms with Crippen molar-refractivity contribution in [1.29, 1.82) is 0 Å². The molecule has 0 atom stereocenters. The summed E-state index contributed by atoms with van der Waals surface area (Å²) in [5.41, 5.74) is 9.75. The molecule has 0 fully saturated rings. The van der Waals surface area contributed by atoms with Gasteiger partial charge < -0.3 is 15.8 Å². The lowest BCUT2D eigenvalue weighted by atomic mass is 10.1. The number of ether oxygens (including phenoxy) is 1. The van der Waals surface area contributed by atoms with Crippen molar-refractivity contribution in [3.63, 3.8) is 0 Å². The van der Waals surface area contributed by atoms with Crippen LogP contribution in [0, 0.1) is 6.92 Å². The highest BCUT2D eigenvalue weighted by Gasteiger charge is 2.11. The van der Waals surface area contributed by atoms with Crippen LogP contribution in [0.25, 0.3) is 0 Å². The molecular weight excluding hydrogens is 264 g/mol. The predicted octanol–water partition coefficient (Wildman–Crippen LogP) is 3.02. The van der Waals surface area contributed by atoms with E-state index in [9.17, 15) is 4.79 Å². The van der Waals surface area contributed by atoms with Crippen LogP contribution in [0.5, 0.6) is 0 Å². The molecule has 4 nitrogen and oxygen atoms in total. The normalized spacial score (nSPS) is 10.4. The quantitative estimate of drug-likeness (QED) is 0.829. The highest BCUT2D eigenvalue weighted by Crippen LogP contribution is 2.19. The van der Waals surface area contributed by atoms with E-state index in [1.807, 2.05) is 37.3 Å². The van der Waals surface area contributed by atoms with E-state index in [4.69, 9.17) is 10.5 Å². The zero-order chi connectivity index (χ0) is 15.2. The Labute approximate surface area is 124 Å². The Morgan fingerprint density at radius 3 is 2.71 bits per heavy atom. The van der Waals surface area contributed by atoms with Gasteiger partial charge in [0.15, 0.2) is 0 Å². The van der Waals surface area contributed by atoms with Gasteiger partial charge in [-0.15, -0.1) is 0 Å². The van der Waals surface area contributed by atoms with Crippen molar-refractivity contribution in [1.82, 2.24) is 0 Å². The number of carbonyl (C=O) groups excluding carboxylic acids is 1. The van der Waals surface area contributed by atoms with Gasteiger partial charge >= 0.3 is 0 Å². The van der Waals surface area contributed by atoms with Crippen LogP contribution in [0.4, 0.5) is 11.4 Å². The summed E-state index contributed by atoms with van der Waals surface area (Å²) in [6.07, 6.45) is 0.746. The Morgan fingerprint density at radius 1 is 1.24 bits per heavy atom. The van der Waals surface area contributed by atoms with Crippen LogP contribution >= 0.6 is 0 Å². The molecule has 0 heterocycles. The number of hydrogen-bond donors (Lipinski definition) is 2. The average Bonchev–Trinajstić information content (AvgIpc) is 2.46. The van der Waals surface area contributed by atoms with Gasteiger partial charge in [0, 0.05) is 18.5 Å². The van der Waals surface area contributed by atoms with Crippen molar-refractivity contribution >= 4 is 17.3 Å². The first kappa shape index (κ1) is 15.1. The highest BCUT2D eigenvalue weighted by atomic mass is 16.5. The molecule has 0 radical (unpaired) electrons. The molecule has 0 unspecified atom stereocenters. The molecule has 21 heavy (non-hydrogen) atoms. The molecule has 0 aliphatic carbocycles. The SMILES string of the molecule is COCCc1ccccc1NC(=O)c1ccc(C)cc1N. The topological polar surface area (TPSA) is 64.3 Å². The van der Waals surface area contributed by atoms with Crippen LogP contribution in [0.2, 0.25) is 0 Å². The van der Waals surface area contributed by atoms with Crippen molar-refractivity contribution in [3.05, 3.63) is 59.2 Å². The second-order valence-electron chi connectivity index (χ2n) is 4.94. The third kappa shape index (κ3) is 3.83. The Morgan fingerprint density at radius 2 is 2.00 bits per heavy atom. The average molecular weight is 284 g/mol. The predicted molar refractivity (Wildman–Crippen MR) is 85.6 cm³/mol. The number of anilines is 2. The third-order valence-corrected chi connectivity index (χ3v) is 3.29. The highest BCUT2D eigenvalue weighted by molar-refractivity contribution is 6.08. The molecule has 2 aromatic carbocycles. The number of carbonyl (C=O) groups is 1. The second kappa shape index (κ2) is 6.90. The monoisotopic (exact) mass is 284 g/mol. The minimum atomic E-state index is -0.197. The maximum absolute atomic E-state index is 12.3. The van der Waals surface area contributed by atoms with E-state index in [-0.39, 0.29) is 5.91 Å². The fourth-order valence-electron chi connectivity index (χ4n) is 2.15. The number of nitrogen functional groups attached to an aromatic ring is 1. The molecule has 2 rings (SSSR count). The van der Waals surface area contributed by atoms with Crippen molar-refractivity contribution < 1.29 is 9.53 Å². The molecule has 2 aromatic rings. The standard InChI is InChI=1S/C17H20N2O2/c1-12-7-8-14(15(18)11-12)17(20)19-16-6-4-3-5-13(16)9-10-21-2/h3-8,11H,9-10,18H2,1-2H3,(H,19,20). The van der Waals surface area contributed by atoms with E-state index in [2.05, 4.69) is 5.32 Å². The van der Waals surface area contributed by atoms with Crippen molar-refractivity contribution in [2.75, 3.05) is 24.8 Å². The molecule has 4 heteroatoms. The lowest BCUT2D eigenvalue weighted by Gasteiger charge is -2.12.